The fraction of sp³-hybridized carbons (Fsp3) is 0.857. The van der Waals surface area contributed by atoms with Crippen molar-refractivity contribution in [1.29, 1.82) is 0 Å². The molecular weight excluding hydrogens is 490 g/mol. The van der Waals surface area contributed by atoms with Gasteiger partial charge in [-0.25, -0.2) is 8.42 Å². The van der Waals surface area contributed by atoms with Crippen molar-refractivity contribution in [2.75, 3.05) is 12.4 Å². The first-order valence-electron chi connectivity index (χ1n) is 13.8. The molecule has 2 rings (SSSR count). The molecule has 0 atom stereocenters. The van der Waals surface area contributed by atoms with E-state index in [0.29, 0.717) is 29.0 Å². The predicted octanol–water partition coefficient (Wildman–Crippen LogP) is 7.03. The molecule has 0 amide bonds. The van der Waals surface area contributed by atoms with Crippen LogP contribution in [0.5, 0.6) is 0 Å². The Hall–Kier alpha value is -0.993. The van der Waals surface area contributed by atoms with Crippen LogP contribution in [0.1, 0.15) is 113 Å². The molecule has 1 aromatic heterocycles. The number of nitrogens with zero attached hydrogens (tertiary/aromatic N) is 1. The SMILES string of the molecule is CC(C)[Si](OCC(C)(C)c1cc(CC(=O)C(C)(C)S(=O)(=O)CC2CCCCC2)on1)(C(C)C)C(C)C. The maximum absolute atomic E-state index is 13.2. The number of sulfone groups is 1. The number of carbonyl (C=O) groups excluding carboxylic acids is 1. The Balaban J connectivity index is 2.12. The van der Waals surface area contributed by atoms with Crippen LogP contribution in [-0.4, -0.2) is 44.8 Å². The van der Waals surface area contributed by atoms with E-state index in [1.807, 2.05) is 0 Å². The van der Waals surface area contributed by atoms with Gasteiger partial charge in [0.2, 0.25) is 0 Å². The maximum Gasteiger partial charge on any atom is 0.200 e. The van der Waals surface area contributed by atoms with E-state index in [2.05, 4.69) is 60.5 Å². The Kier molecular flexibility index (Phi) is 10.2. The molecule has 0 unspecified atom stereocenters. The molecule has 0 aromatic carbocycles. The highest BCUT2D eigenvalue weighted by atomic mass is 32.2. The van der Waals surface area contributed by atoms with Crippen LogP contribution in [0.15, 0.2) is 10.6 Å². The maximum atomic E-state index is 13.2. The number of hydrogen-bond donors (Lipinski definition) is 0. The summed E-state index contributed by atoms with van der Waals surface area (Å²) in [7, 11) is -5.61. The number of rotatable bonds is 13. The molecule has 6 nitrogen and oxygen atoms in total. The summed E-state index contributed by atoms with van der Waals surface area (Å²) in [5.74, 6) is 0.307. The van der Waals surface area contributed by atoms with E-state index in [1.165, 1.54) is 20.3 Å². The van der Waals surface area contributed by atoms with Crippen molar-refractivity contribution in [1.82, 2.24) is 5.16 Å². The van der Waals surface area contributed by atoms with E-state index in [-0.39, 0.29) is 23.9 Å². The molecule has 1 aliphatic rings. The lowest BCUT2D eigenvalue weighted by atomic mass is 9.90. The largest absolute Gasteiger partial charge is 0.415 e. The van der Waals surface area contributed by atoms with Crippen LogP contribution in [0.3, 0.4) is 0 Å². The summed E-state index contributed by atoms with van der Waals surface area (Å²) >= 11 is 0. The van der Waals surface area contributed by atoms with Gasteiger partial charge in [-0.1, -0.05) is 79.8 Å². The average Bonchev–Trinajstić information content (AvgIpc) is 3.23. The van der Waals surface area contributed by atoms with Crippen LogP contribution in [-0.2, 0) is 30.9 Å². The van der Waals surface area contributed by atoms with Gasteiger partial charge in [0.15, 0.2) is 23.9 Å². The van der Waals surface area contributed by atoms with Crippen LogP contribution >= 0.6 is 0 Å². The minimum absolute atomic E-state index is 0.0799. The lowest BCUT2D eigenvalue weighted by Gasteiger charge is -2.43. The second-order valence-electron chi connectivity index (χ2n) is 13.1. The average molecular weight is 542 g/mol. The fourth-order valence-electron chi connectivity index (χ4n) is 6.01. The van der Waals surface area contributed by atoms with Crippen molar-refractivity contribution in [3.8, 4) is 0 Å². The number of ketones is 1. The summed E-state index contributed by atoms with van der Waals surface area (Å²) < 4.78 is 37.3. The van der Waals surface area contributed by atoms with E-state index in [9.17, 15) is 13.2 Å². The van der Waals surface area contributed by atoms with Crippen molar-refractivity contribution in [2.45, 2.75) is 135 Å². The second kappa shape index (κ2) is 11.8. The highest BCUT2D eigenvalue weighted by molar-refractivity contribution is 7.93. The number of Topliss-reactive ketones (excluding diaryl/α,β-unsaturated/α-hetero) is 1. The molecule has 1 aliphatic carbocycles. The molecule has 1 aromatic rings. The first-order valence-corrected chi connectivity index (χ1v) is 17.6. The zero-order chi connectivity index (χ0) is 27.5. The minimum atomic E-state index is -3.58. The normalized spacial score (nSPS) is 16.9. The van der Waals surface area contributed by atoms with Gasteiger partial charge in [0.05, 0.1) is 17.9 Å². The first kappa shape index (κ1) is 31.2. The molecule has 36 heavy (non-hydrogen) atoms. The molecule has 0 bridgehead atoms. The zero-order valence-corrected chi connectivity index (χ0v) is 26.3. The Labute approximate surface area is 221 Å². The van der Waals surface area contributed by atoms with Gasteiger partial charge in [-0.3, -0.25) is 4.79 Å². The number of carbonyl (C=O) groups is 1. The smallest absolute Gasteiger partial charge is 0.200 e. The third-order valence-corrected chi connectivity index (χ3v) is 17.4. The summed E-state index contributed by atoms with van der Waals surface area (Å²) in [6.45, 7) is 21.4. The molecular formula is C28H51NO5SSi. The predicted molar refractivity (Wildman–Crippen MR) is 150 cm³/mol. The summed E-state index contributed by atoms with van der Waals surface area (Å²) in [5, 5.41) is 4.27. The van der Waals surface area contributed by atoms with Crippen LogP contribution in [0, 0.1) is 5.92 Å². The van der Waals surface area contributed by atoms with Gasteiger partial charge in [0.25, 0.3) is 0 Å². The molecule has 0 N–H and O–H groups in total. The molecule has 8 heteroatoms. The summed E-state index contributed by atoms with van der Waals surface area (Å²) in [6, 6.07) is 1.80. The van der Waals surface area contributed by atoms with E-state index < -0.39 is 28.3 Å². The number of aromatic nitrogens is 1. The van der Waals surface area contributed by atoms with Crippen molar-refractivity contribution < 1.29 is 22.2 Å². The molecule has 1 fully saturated rings. The minimum Gasteiger partial charge on any atom is -0.415 e. The van der Waals surface area contributed by atoms with Gasteiger partial charge < -0.3 is 8.95 Å². The molecule has 0 saturated heterocycles. The standard InChI is InChI=1S/C28H51NO5SSi/c1-20(2)36(21(3)4,22(5)6)33-19-27(7,8)25-16-24(34-29-25)17-26(30)28(9,10)35(31,32)18-23-14-12-11-13-15-23/h16,20-23H,11-15,17-19H2,1-10H3. The number of hydrogen-bond acceptors (Lipinski definition) is 6. The highest BCUT2D eigenvalue weighted by Crippen LogP contribution is 2.43. The molecule has 0 spiro atoms. The van der Waals surface area contributed by atoms with E-state index in [0.717, 1.165) is 31.4 Å². The monoisotopic (exact) mass is 541 g/mol. The van der Waals surface area contributed by atoms with Crippen molar-refractivity contribution in [2.24, 2.45) is 5.92 Å². The Morgan fingerprint density at radius 3 is 2.06 bits per heavy atom. The van der Waals surface area contributed by atoms with Crippen LogP contribution < -0.4 is 0 Å². The summed E-state index contributed by atoms with van der Waals surface area (Å²) in [5.41, 5.74) is 1.78. The molecule has 208 valence electrons. The van der Waals surface area contributed by atoms with Gasteiger partial charge in [0.1, 0.15) is 10.5 Å². The fourth-order valence-corrected chi connectivity index (χ4v) is 13.4. The van der Waals surface area contributed by atoms with Gasteiger partial charge in [0, 0.05) is 18.1 Å². The quantitative estimate of drug-likeness (QED) is 0.249. The van der Waals surface area contributed by atoms with Crippen molar-refractivity contribution in [3.05, 3.63) is 17.5 Å². The lowest BCUT2D eigenvalue weighted by molar-refractivity contribution is -0.120. The van der Waals surface area contributed by atoms with Crippen LogP contribution in [0.2, 0.25) is 16.6 Å². The van der Waals surface area contributed by atoms with Crippen molar-refractivity contribution >= 4 is 23.9 Å². The Morgan fingerprint density at radius 1 is 1.03 bits per heavy atom. The Bertz CT molecular complexity index is 950. The second-order valence-corrected chi connectivity index (χ2v) is 21.1. The summed E-state index contributed by atoms with van der Waals surface area (Å²) in [6.07, 6.45) is 5.10. The third kappa shape index (κ3) is 6.71. The third-order valence-electron chi connectivity index (χ3n) is 8.61. The molecule has 0 radical (unpaired) electrons. The van der Waals surface area contributed by atoms with Gasteiger partial charge in [-0.15, -0.1) is 0 Å². The lowest BCUT2D eigenvalue weighted by Crippen LogP contribution is -2.49. The van der Waals surface area contributed by atoms with Crippen LogP contribution in [0.25, 0.3) is 0 Å². The molecule has 0 aliphatic heterocycles. The Morgan fingerprint density at radius 2 is 1.56 bits per heavy atom. The first-order chi connectivity index (χ1) is 16.5. The van der Waals surface area contributed by atoms with E-state index in [1.54, 1.807) is 6.07 Å². The van der Waals surface area contributed by atoms with E-state index in [4.69, 9.17) is 8.95 Å². The topological polar surface area (TPSA) is 86.5 Å². The van der Waals surface area contributed by atoms with E-state index >= 15 is 0 Å². The van der Waals surface area contributed by atoms with Gasteiger partial charge in [-0.05, 0) is 49.2 Å². The van der Waals surface area contributed by atoms with Gasteiger partial charge >= 0.3 is 0 Å². The van der Waals surface area contributed by atoms with Gasteiger partial charge in [-0.2, -0.15) is 0 Å². The van der Waals surface area contributed by atoms with Crippen LogP contribution in [0.4, 0.5) is 0 Å². The highest BCUT2D eigenvalue weighted by Gasteiger charge is 2.46. The molecule has 1 heterocycles. The zero-order valence-electron chi connectivity index (χ0n) is 24.4. The van der Waals surface area contributed by atoms with Crippen molar-refractivity contribution in [3.63, 3.8) is 0 Å². The molecule has 1 saturated carbocycles. The summed E-state index contributed by atoms with van der Waals surface area (Å²) in [4.78, 5) is 13.2.